The predicted octanol–water partition coefficient (Wildman–Crippen LogP) is 4.87. The standard InChI is InChI=1S/C18H23N3O2S/c1-12(2)24-15-10-6-9-14(11-15)16(22)19-18-21-20-17(23-18)13-7-4-3-5-8-13/h6,9-13H,3-5,7-8H2,1-2H3,(H,19,21,22). The van der Waals surface area contributed by atoms with Crippen molar-refractivity contribution in [1.82, 2.24) is 10.2 Å². The highest BCUT2D eigenvalue weighted by Gasteiger charge is 2.22. The van der Waals surface area contributed by atoms with E-state index >= 15 is 0 Å². The zero-order valence-corrected chi connectivity index (χ0v) is 14.9. The van der Waals surface area contributed by atoms with Crippen LogP contribution < -0.4 is 5.32 Å². The van der Waals surface area contributed by atoms with E-state index in [-0.39, 0.29) is 11.9 Å². The Kier molecular flexibility index (Phi) is 5.56. The Morgan fingerprint density at radius 3 is 2.79 bits per heavy atom. The number of thioether (sulfide) groups is 1. The normalized spacial score (nSPS) is 15.6. The minimum atomic E-state index is -0.222. The summed E-state index contributed by atoms with van der Waals surface area (Å²) in [5, 5.41) is 11.3. The second-order valence-electron chi connectivity index (χ2n) is 6.43. The first-order valence-corrected chi connectivity index (χ1v) is 9.41. The molecule has 0 aliphatic heterocycles. The lowest BCUT2D eigenvalue weighted by Gasteiger charge is -2.17. The number of amides is 1. The van der Waals surface area contributed by atoms with Gasteiger partial charge in [-0.1, -0.05) is 44.3 Å². The summed E-state index contributed by atoms with van der Waals surface area (Å²) in [7, 11) is 0. The number of rotatable bonds is 5. The van der Waals surface area contributed by atoms with E-state index in [0.29, 0.717) is 22.6 Å². The van der Waals surface area contributed by atoms with Crippen molar-refractivity contribution in [2.24, 2.45) is 0 Å². The third-order valence-electron chi connectivity index (χ3n) is 4.08. The lowest BCUT2D eigenvalue weighted by Crippen LogP contribution is -2.12. The molecule has 1 aromatic heterocycles. The van der Waals surface area contributed by atoms with E-state index in [1.54, 1.807) is 17.8 Å². The smallest absolute Gasteiger partial charge is 0.322 e. The molecule has 1 heterocycles. The Bertz CT molecular complexity index is 693. The maximum Gasteiger partial charge on any atom is 0.322 e. The number of hydrogen-bond acceptors (Lipinski definition) is 5. The van der Waals surface area contributed by atoms with Crippen molar-refractivity contribution in [3.05, 3.63) is 35.7 Å². The summed E-state index contributed by atoms with van der Waals surface area (Å²) in [6.45, 7) is 4.26. The highest BCUT2D eigenvalue weighted by Crippen LogP contribution is 2.32. The van der Waals surface area contributed by atoms with E-state index in [1.165, 1.54) is 19.3 Å². The number of nitrogens with zero attached hydrogens (tertiary/aromatic N) is 2. The molecular formula is C18H23N3O2S. The van der Waals surface area contributed by atoms with Crippen molar-refractivity contribution in [2.45, 2.75) is 62.0 Å². The van der Waals surface area contributed by atoms with E-state index in [1.807, 2.05) is 18.2 Å². The van der Waals surface area contributed by atoms with Gasteiger partial charge in [0.15, 0.2) is 0 Å². The first kappa shape index (κ1) is 17.0. The van der Waals surface area contributed by atoms with E-state index in [4.69, 9.17) is 4.42 Å². The number of aromatic nitrogens is 2. The first-order chi connectivity index (χ1) is 11.6. The van der Waals surface area contributed by atoms with Gasteiger partial charge in [0.2, 0.25) is 5.89 Å². The quantitative estimate of drug-likeness (QED) is 0.783. The average Bonchev–Trinajstić information content (AvgIpc) is 3.04. The van der Waals surface area contributed by atoms with Crippen LogP contribution in [0.2, 0.25) is 0 Å². The monoisotopic (exact) mass is 345 g/mol. The second kappa shape index (κ2) is 7.83. The number of hydrogen-bond donors (Lipinski definition) is 1. The lowest BCUT2D eigenvalue weighted by atomic mass is 9.89. The molecule has 0 radical (unpaired) electrons. The average molecular weight is 345 g/mol. The third kappa shape index (κ3) is 4.38. The Morgan fingerprint density at radius 2 is 2.04 bits per heavy atom. The fourth-order valence-corrected chi connectivity index (χ4v) is 3.85. The molecule has 1 aromatic carbocycles. The SMILES string of the molecule is CC(C)Sc1cccc(C(=O)Nc2nnc(C3CCCCC3)o2)c1. The van der Waals surface area contributed by atoms with Gasteiger partial charge in [0, 0.05) is 21.6 Å². The molecule has 1 saturated carbocycles. The van der Waals surface area contributed by atoms with Crippen LogP contribution in [-0.4, -0.2) is 21.4 Å². The summed E-state index contributed by atoms with van der Waals surface area (Å²) in [6, 6.07) is 7.76. The highest BCUT2D eigenvalue weighted by molar-refractivity contribution is 7.99. The molecule has 1 aliphatic carbocycles. The van der Waals surface area contributed by atoms with Gasteiger partial charge in [0.1, 0.15) is 0 Å². The van der Waals surface area contributed by atoms with Crippen LogP contribution in [0.3, 0.4) is 0 Å². The molecule has 0 atom stereocenters. The maximum atomic E-state index is 12.4. The van der Waals surface area contributed by atoms with Crippen LogP contribution in [0.1, 0.15) is 68.1 Å². The van der Waals surface area contributed by atoms with Gasteiger partial charge in [-0.3, -0.25) is 10.1 Å². The van der Waals surface area contributed by atoms with Crippen molar-refractivity contribution in [3.8, 4) is 0 Å². The van der Waals surface area contributed by atoms with Crippen molar-refractivity contribution < 1.29 is 9.21 Å². The number of carbonyl (C=O) groups is 1. The maximum absolute atomic E-state index is 12.4. The number of anilines is 1. The summed E-state index contributed by atoms with van der Waals surface area (Å²) >= 11 is 1.73. The predicted molar refractivity (Wildman–Crippen MR) is 95.5 cm³/mol. The molecule has 6 heteroatoms. The summed E-state index contributed by atoms with van der Waals surface area (Å²) in [5.74, 6) is 0.761. The largest absolute Gasteiger partial charge is 0.408 e. The Morgan fingerprint density at radius 1 is 1.25 bits per heavy atom. The van der Waals surface area contributed by atoms with E-state index in [2.05, 4.69) is 29.4 Å². The fourth-order valence-electron chi connectivity index (χ4n) is 2.95. The third-order valence-corrected chi connectivity index (χ3v) is 5.08. The minimum absolute atomic E-state index is 0.183. The number of benzene rings is 1. The van der Waals surface area contributed by atoms with Crippen LogP contribution in [0.25, 0.3) is 0 Å². The summed E-state index contributed by atoms with van der Waals surface area (Å²) in [4.78, 5) is 13.5. The molecule has 5 nitrogen and oxygen atoms in total. The van der Waals surface area contributed by atoms with E-state index in [0.717, 1.165) is 17.7 Å². The van der Waals surface area contributed by atoms with Crippen LogP contribution in [0.4, 0.5) is 6.01 Å². The summed E-state index contributed by atoms with van der Waals surface area (Å²) < 4.78 is 5.65. The van der Waals surface area contributed by atoms with Crippen LogP contribution in [0.15, 0.2) is 33.6 Å². The van der Waals surface area contributed by atoms with Gasteiger partial charge in [-0.2, -0.15) is 0 Å². The van der Waals surface area contributed by atoms with Crippen molar-refractivity contribution in [1.29, 1.82) is 0 Å². The molecular weight excluding hydrogens is 322 g/mol. The molecule has 24 heavy (non-hydrogen) atoms. The molecule has 0 spiro atoms. The van der Waals surface area contributed by atoms with Gasteiger partial charge >= 0.3 is 6.01 Å². The van der Waals surface area contributed by atoms with Gasteiger partial charge in [-0.15, -0.1) is 16.9 Å². The van der Waals surface area contributed by atoms with Crippen molar-refractivity contribution in [3.63, 3.8) is 0 Å². The zero-order valence-electron chi connectivity index (χ0n) is 14.1. The Balaban J connectivity index is 1.65. The molecule has 3 rings (SSSR count). The number of nitrogens with one attached hydrogen (secondary N) is 1. The summed E-state index contributed by atoms with van der Waals surface area (Å²) in [5.41, 5.74) is 0.595. The molecule has 2 aromatic rings. The first-order valence-electron chi connectivity index (χ1n) is 8.53. The van der Waals surface area contributed by atoms with Crippen molar-refractivity contribution in [2.75, 3.05) is 5.32 Å². The molecule has 0 bridgehead atoms. The van der Waals surface area contributed by atoms with Gasteiger partial charge in [0.25, 0.3) is 5.91 Å². The molecule has 1 fully saturated rings. The van der Waals surface area contributed by atoms with Gasteiger partial charge < -0.3 is 4.42 Å². The minimum Gasteiger partial charge on any atom is -0.408 e. The van der Waals surface area contributed by atoms with Crippen LogP contribution in [0, 0.1) is 0 Å². The van der Waals surface area contributed by atoms with Crippen LogP contribution in [-0.2, 0) is 0 Å². The molecule has 0 unspecified atom stereocenters. The lowest BCUT2D eigenvalue weighted by molar-refractivity contribution is 0.102. The van der Waals surface area contributed by atoms with E-state index < -0.39 is 0 Å². The molecule has 128 valence electrons. The second-order valence-corrected chi connectivity index (χ2v) is 8.08. The number of carbonyl (C=O) groups excluding carboxylic acids is 1. The Labute approximate surface area is 146 Å². The summed E-state index contributed by atoms with van der Waals surface area (Å²) in [6.07, 6.45) is 5.86. The van der Waals surface area contributed by atoms with Crippen molar-refractivity contribution >= 4 is 23.7 Å². The van der Waals surface area contributed by atoms with Crippen LogP contribution in [0.5, 0.6) is 0 Å². The van der Waals surface area contributed by atoms with Crippen LogP contribution >= 0.6 is 11.8 Å². The van der Waals surface area contributed by atoms with Gasteiger partial charge in [0.05, 0.1) is 0 Å². The van der Waals surface area contributed by atoms with Gasteiger partial charge in [-0.25, -0.2) is 0 Å². The Hall–Kier alpha value is -1.82. The molecule has 1 aliphatic rings. The highest BCUT2D eigenvalue weighted by atomic mass is 32.2. The zero-order chi connectivity index (χ0) is 16.9. The molecule has 1 amide bonds. The molecule has 0 saturated heterocycles. The fraction of sp³-hybridized carbons (Fsp3) is 0.500. The van der Waals surface area contributed by atoms with E-state index in [9.17, 15) is 4.79 Å². The van der Waals surface area contributed by atoms with Gasteiger partial charge in [-0.05, 0) is 31.0 Å². The topological polar surface area (TPSA) is 68.0 Å². The molecule has 1 N–H and O–H groups in total.